The van der Waals surface area contributed by atoms with Gasteiger partial charge in [0.15, 0.2) is 12.3 Å². The van der Waals surface area contributed by atoms with Gasteiger partial charge in [0.2, 0.25) is 5.69 Å². The summed E-state index contributed by atoms with van der Waals surface area (Å²) in [5.41, 5.74) is -0.347. The fourth-order valence-corrected chi connectivity index (χ4v) is 13.3. The molecule has 3 heterocycles. The van der Waals surface area contributed by atoms with E-state index < -0.39 is 105 Å². The molecule has 0 N–H and O–H groups in total. The molecule has 4 aromatic carbocycles. The van der Waals surface area contributed by atoms with E-state index in [0.29, 0.717) is 45.5 Å². The van der Waals surface area contributed by atoms with Crippen LogP contribution in [0.25, 0.3) is 21.5 Å². The second-order valence-electron chi connectivity index (χ2n) is 19.1. The van der Waals surface area contributed by atoms with Crippen molar-refractivity contribution in [1.29, 1.82) is 0 Å². The Morgan fingerprint density at radius 3 is 1.77 bits per heavy atom. The second-order valence-corrected chi connectivity index (χ2v) is 26.1. The van der Waals surface area contributed by atoms with Crippen molar-refractivity contribution in [3.05, 3.63) is 95.7 Å². The Morgan fingerprint density at radius 1 is 0.671 bits per heavy atom. The Labute approximate surface area is 455 Å². The number of imide groups is 1. The molecule has 1 saturated heterocycles. The first-order valence-electron chi connectivity index (χ1n) is 23.9. The summed E-state index contributed by atoms with van der Waals surface area (Å²) in [6.07, 6.45) is 7.22. The van der Waals surface area contributed by atoms with E-state index in [9.17, 15) is 79.2 Å². The van der Waals surface area contributed by atoms with Crippen LogP contribution in [-0.4, -0.2) is 157 Å². The zero-order valence-electron chi connectivity index (χ0n) is 42.6. The van der Waals surface area contributed by atoms with Gasteiger partial charge in [0.05, 0.1) is 68.0 Å². The Balaban J connectivity index is 1.26. The number of hydroxylamine groups is 2. The summed E-state index contributed by atoms with van der Waals surface area (Å²) in [6.45, 7) is 5.18. The summed E-state index contributed by atoms with van der Waals surface area (Å²) in [7, 11) is -24.8. The smallest absolute Gasteiger partial charge is 0.335 e. The number of carbonyl (C=O) groups is 3. The van der Waals surface area contributed by atoms with Crippen molar-refractivity contribution in [2.45, 2.75) is 83.3 Å². The highest BCUT2D eigenvalue weighted by Gasteiger charge is 2.47. The van der Waals surface area contributed by atoms with Gasteiger partial charge in [0.25, 0.3) is 11.8 Å². The summed E-state index contributed by atoms with van der Waals surface area (Å²) < 4.78 is 204. The number of methoxy groups -OCH3 is 1. The molecule has 2 amide bonds. The number of ether oxygens (including phenoxy) is 3. The third-order valence-electron chi connectivity index (χ3n) is 13.6. The lowest BCUT2D eigenvalue weighted by Crippen LogP contribution is -2.32. The van der Waals surface area contributed by atoms with Gasteiger partial charge in [-0.25, -0.2) is 46.9 Å². The SMILES string of the molecule is COCCN1/C(=C/C=C/C=C/C2=[N+](CCOCCOCCC(=O)ON3C(=O)CCC3=O)c3ccc4c(S(=O)(=O)[O-])cc(S(=O)(=O)[O-])cc4c3C2(C)C)C(C)(CCCS(=O)(=O)[O-])c2c1ccc1c(S(=O)(=O)[O-])cc(S(=O)(=O)[O-])cc21. The summed E-state index contributed by atoms with van der Waals surface area (Å²) >= 11 is 0. The van der Waals surface area contributed by atoms with Gasteiger partial charge in [0.1, 0.15) is 47.1 Å². The van der Waals surface area contributed by atoms with Crippen LogP contribution in [-0.2, 0) is 94.9 Å². The first-order valence-corrected chi connectivity index (χ1v) is 31.1. The van der Waals surface area contributed by atoms with E-state index in [1.165, 1.54) is 31.4 Å². The second kappa shape index (κ2) is 22.9. The van der Waals surface area contributed by atoms with Gasteiger partial charge in [-0.2, -0.15) is 4.58 Å². The number of hydrogen-bond donors (Lipinski definition) is 0. The van der Waals surface area contributed by atoms with Gasteiger partial charge >= 0.3 is 5.97 Å². The molecule has 3 aliphatic heterocycles. The van der Waals surface area contributed by atoms with Gasteiger partial charge in [-0.05, 0) is 97.8 Å². The average molecular weight is 1190 g/mol. The number of rotatable bonds is 24. The Kier molecular flexibility index (Phi) is 17.6. The monoisotopic (exact) mass is 1190 g/mol. The molecule has 7 rings (SSSR count). The van der Waals surface area contributed by atoms with Crippen LogP contribution in [0.5, 0.6) is 0 Å². The topological polar surface area (TPSA) is 384 Å². The van der Waals surface area contributed by atoms with Gasteiger partial charge < -0.3 is 46.7 Å². The quantitative estimate of drug-likeness (QED) is 0.0320. The van der Waals surface area contributed by atoms with Crippen molar-refractivity contribution in [1.82, 2.24) is 5.06 Å². The minimum Gasteiger partial charge on any atom is -0.748 e. The molecule has 428 valence electrons. The van der Waals surface area contributed by atoms with E-state index in [-0.39, 0.29) is 105 Å². The standard InChI is InChI=1S/C49H55N3O22S5/c1-48(2)41(9-6-5-7-10-42-49(3,18-8-26-75(56,57)58)47-36-28-32(77(62,63)64)30-40(79(68,69)70)34(36)12-14-38(47)51(42)19-22-71-4)50(20-23-73-25-24-72-21-17-45(55)74-52-43(53)15-16-44(52)54)37-13-11-33-35(46(37)48)27-31(76(59,60)61)29-39(33)78(65,66)67/h5-7,9-14,27-30H,8,15-26H2,1-4H3,(H4-,56,57,58,59,60,61,62,63,64,65,66,67,68,69,70)/p-4. The number of fused-ring (bicyclic) bond motifs is 6. The fraction of sp³-hybridized carbons (Fsp3) is 0.388. The molecule has 79 heavy (non-hydrogen) atoms. The maximum atomic E-state index is 12.6. The van der Waals surface area contributed by atoms with Crippen LogP contribution in [0, 0.1) is 0 Å². The molecular formula is C49H51N3O22S5-4. The molecule has 0 spiro atoms. The lowest BCUT2D eigenvalue weighted by molar-refractivity contribution is -0.442. The Hall–Kier alpha value is -5.87. The van der Waals surface area contributed by atoms with Crippen LogP contribution in [0.1, 0.15) is 64.0 Å². The molecule has 1 fully saturated rings. The summed E-state index contributed by atoms with van der Waals surface area (Å²) in [6, 6.07) is 8.49. The van der Waals surface area contributed by atoms with Crippen molar-refractivity contribution in [2.75, 3.05) is 63.9 Å². The molecule has 0 aromatic heterocycles. The molecule has 25 nitrogen and oxygen atoms in total. The van der Waals surface area contributed by atoms with E-state index in [1.54, 1.807) is 60.6 Å². The van der Waals surface area contributed by atoms with Crippen LogP contribution in [0.3, 0.4) is 0 Å². The molecule has 0 saturated carbocycles. The minimum absolute atomic E-state index is 0.00245. The summed E-state index contributed by atoms with van der Waals surface area (Å²) in [4.78, 5) is 38.3. The number of amides is 2. The van der Waals surface area contributed by atoms with Crippen LogP contribution < -0.4 is 4.90 Å². The van der Waals surface area contributed by atoms with Crippen molar-refractivity contribution < 1.29 is 103 Å². The third-order valence-corrected chi connectivity index (χ3v) is 17.7. The fourth-order valence-electron chi connectivity index (χ4n) is 10.2. The lowest BCUT2D eigenvalue weighted by Gasteiger charge is -2.31. The van der Waals surface area contributed by atoms with E-state index in [2.05, 4.69) is 0 Å². The van der Waals surface area contributed by atoms with Gasteiger partial charge in [-0.1, -0.05) is 24.3 Å². The van der Waals surface area contributed by atoms with E-state index in [4.69, 9.17) is 19.0 Å². The molecule has 1 unspecified atom stereocenters. The minimum atomic E-state index is -5.41. The van der Waals surface area contributed by atoms with Crippen molar-refractivity contribution >= 4 is 107 Å². The van der Waals surface area contributed by atoms with Gasteiger partial charge in [-0.3, -0.25) is 9.59 Å². The maximum Gasteiger partial charge on any atom is 0.335 e. The highest BCUT2D eigenvalue weighted by molar-refractivity contribution is 7.87. The summed E-state index contributed by atoms with van der Waals surface area (Å²) in [5.74, 6) is -2.97. The first-order chi connectivity index (χ1) is 36.7. The Morgan fingerprint density at radius 2 is 1.23 bits per heavy atom. The Bertz CT molecular complexity index is 3870. The zero-order valence-corrected chi connectivity index (χ0v) is 46.6. The molecule has 0 bridgehead atoms. The number of hydrogen-bond acceptors (Lipinski definition) is 23. The van der Waals surface area contributed by atoms with E-state index >= 15 is 0 Å². The molecule has 0 aliphatic carbocycles. The number of carbonyl (C=O) groups excluding carboxylic acids is 3. The molecule has 3 aliphatic rings. The molecule has 0 radical (unpaired) electrons. The molecular weight excluding hydrogens is 1140 g/mol. The van der Waals surface area contributed by atoms with Crippen molar-refractivity contribution in [2.24, 2.45) is 0 Å². The lowest BCUT2D eigenvalue weighted by atomic mass is 9.75. The number of benzene rings is 4. The van der Waals surface area contributed by atoms with E-state index in [0.717, 1.165) is 12.1 Å². The highest BCUT2D eigenvalue weighted by atomic mass is 32.2. The average Bonchev–Trinajstić information content (AvgIpc) is 4.10. The van der Waals surface area contributed by atoms with Crippen molar-refractivity contribution in [3.63, 3.8) is 0 Å². The third kappa shape index (κ3) is 13.2. The first kappa shape index (κ1) is 60.8. The van der Waals surface area contributed by atoms with Gasteiger partial charge in [-0.15, -0.1) is 5.06 Å². The predicted molar refractivity (Wildman–Crippen MR) is 273 cm³/mol. The zero-order chi connectivity index (χ0) is 58.3. The van der Waals surface area contributed by atoms with Crippen LogP contribution in [0.2, 0.25) is 0 Å². The molecule has 1 atom stereocenters. The number of anilines is 1. The maximum absolute atomic E-state index is 12.6. The predicted octanol–water partition coefficient (Wildman–Crippen LogP) is 2.76. The molecule has 4 aromatic rings. The number of nitrogens with zero attached hydrogens (tertiary/aromatic N) is 3. The highest BCUT2D eigenvalue weighted by Crippen LogP contribution is 2.54. The summed E-state index contributed by atoms with van der Waals surface area (Å²) in [5, 5.41) is -0.112. The largest absolute Gasteiger partial charge is 0.748 e. The molecule has 30 heteroatoms. The normalized spacial score (nSPS) is 18.6. The van der Waals surface area contributed by atoms with E-state index in [1.807, 2.05) is 0 Å². The van der Waals surface area contributed by atoms with Crippen LogP contribution >= 0.6 is 0 Å². The van der Waals surface area contributed by atoms with Crippen LogP contribution in [0.4, 0.5) is 11.4 Å². The van der Waals surface area contributed by atoms with Crippen molar-refractivity contribution in [3.8, 4) is 0 Å². The number of allylic oxidation sites excluding steroid dienone is 6. The van der Waals surface area contributed by atoms with Crippen LogP contribution in [0.15, 0.2) is 104 Å². The van der Waals surface area contributed by atoms with Gasteiger partial charge in [0, 0.05) is 72.1 Å².